The molecule has 4 rings (SSSR count). The van der Waals surface area contributed by atoms with Gasteiger partial charge in [-0.2, -0.15) is 0 Å². The number of hydrogen-bond acceptors (Lipinski definition) is 6. The fourth-order valence-corrected chi connectivity index (χ4v) is 3.37. The molecule has 0 radical (unpaired) electrons. The molecule has 3 aromatic rings. The maximum atomic E-state index is 12.4. The zero-order chi connectivity index (χ0) is 17.2. The molecular weight excluding hydrogens is 338 g/mol. The first-order chi connectivity index (χ1) is 12.2. The van der Waals surface area contributed by atoms with E-state index >= 15 is 0 Å². The number of thioether (sulfide) groups is 1. The van der Waals surface area contributed by atoms with E-state index < -0.39 is 0 Å². The van der Waals surface area contributed by atoms with E-state index in [9.17, 15) is 4.79 Å². The Morgan fingerprint density at radius 2 is 1.92 bits per heavy atom. The molecule has 25 heavy (non-hydrogen) atoms. The molecule has 0 N–H and O–H groups in total. The summed E-state index contributed by atoms with van der Waals surface area (Å²) in [5, 5.41) is 9.12. The molecule has 0 amide bonds. The summed E-state index contributed by atoms with van der Waals surface area (Å²) in [6.45, 7) is 0.197. The number of hydrogen-bond donors (Lipinski definition) is 0. The predicted octanol–water partition coefficient (Wildman–Crippen LogP) is 3.19. The zero-order valence-corrected chi connectivity index (χ0v) is 14.3. The number of Topliss-reactive ketones (excluding diaryl/α,β-unsaturated/α-hetero) is 1. The average Bonchev–Trinajstić information content (AvgIpc) is 3.26. The summed E-state index contributed by atoms with van der Waals surface area (Å²) in [5.41, 5.74) is 1.59. The predicted molar refractivity (Wildman–Crippen MR) is 94.1 cm³/mol. The van der Waals surface area contributed by atoms with Gasteiger partial charge in [0.05, 0.1) is 5.75 Å². The van der Waals surface area contributed by atoms with E-state index in [4.69, 9.17) is 9.47 Å². The highest BCUT2D eigenvalue weighted by molar-refractivity contribution is 7.99. The highest BCUT2D eigenvalue weighted by atomic mass is 32.2. The molecule has 6 nitrogen and oxygen atoms in total. The standard InChI is InChI=1S/C18H15N3O3S/c1-21-17(12-5-3-2-4-6-12)19-20-18(21)25-10-14(22)13-7-8-15-16(9-13)24-11-23-15/h2-9H,10-11H2,1H3. The Morgan fingerprint density at radius 1 is 1.12 bits per heavy atom. The smallest absolute Gasteiger partial charge is 0.231 e. The van der Waals surface area contributed by atoms with Gasteiger partial charge in [0.15, 0.2) is 28.3 Å². The Labute approximate surface area is 148 Å². The highest BCUT2D eigenvalue weighted by Crippen LogP contribution is 2.33. The van der Waals surface area contributed by atoms with Crippen molar-refractivity contribution in [3.05, 3.63) is 54.1 Å². The molecule has 0 bridgehead atoms. The summed E-state index contributed by atoms with van der Waals surface area (Å²) in [6.07, 6.45) is 0. The lowest BCUT2D eigenvalue weighted by atomic mass is 10.1. The maximum absolute atomic E-state index is 12.4. The third-order valence-electron chi connectivity index (χ3n) is 3.89. The second-order valence-electron chi connectivity index (χ2n) is 5.51. The average molecular weight is 353 g/mol. The van der Waals surface area contributed by atoms with Gasteiger partial charge in [-0.1, -0.05) is 42.1 Å². The van der Waals surface area contributed by atoms with Gasteiger partial charge in [-0.3, -0.25) is 4.79 Å². The Balaban J connectivity index is 1.47. The molecule has 0 aliphatic carbocycles. The van der Waals surface area contributed by atoms with Gasteiger partial charge < -0.3 is 14.0 Å². The van der Waals surface area contributed by atoms with Crippen LogP contribution >= 0.6 is 11.8 Å². The number of ketones is 1. The first-order valence-corrected chi connectivity index (χ1v) is 8.71. The number of benzene rings is 2. The molecule has 7 heteroatoms. The van der Waals surface area contributed by atoms with Crippen LogP contribution in [0, 0.1) is 0 Å². The Bertz CT molecular complexity index is 925. The Morgan fingerprint density at radius 3 is 2.76 bits per heavy atom. The minimum absolute atomic E-state index is 0.00700. The van der Waals surface area contributed by atoms with Crippen LogP contribution in [-0.2, 0) is 7.05 Å². The fraction of sp³-hybridized carbons (Fsp3) is 0.167. The number of rotatable bonds is 5. The number of nitrogens with zero attached hydrogens (tertiary/aromatic N) is 3. The molecule has 0 unspecified atom stereocenters. The number of ether oxygens (including phenoxy) is 2. The third kappa shape index (κ3) is 3.10. The molecule has 126 valence electrons. The maximum Gasteiger partial charge on any atom is 0.231 e. The van der Waals surface area contributed by atoms with E-state index in [2.05, 4.69) is 10.2 Å². The van der Waals surface area contributed by atoms with Crippen LogP contribution in [0.4, 0.5) is 0 Å². The lowest BCUT2D eigenvalue weighted by molar-refractivity contribution is 0.102. The Kier molecular flexibility index (Phi) is 4.15. The number of aromatic nitrogens is 3. The van der Waals surface area contributed by atoms with E-state index in [1.54, 1.807) is 18.2 Å². The van der Waals surface area contributed by atoms with Crippen LogP contribution in [-0.4, -0.2) is 33.1 Å². The van der Waals surface area contributed by atoms with E-state index in [1.165, 1.54) is 11.8 Å². The van der Waals surface area contributed by atoms with E-state index in [-0.39, 0.29) is 18.3 Å². The molecular formula is C18H15N3O3S. The van der Waals surface area contributed by atoms with Gasteiger partial charge in [0.25, 0.3) is 0 Å². The zero-order valence-electron chi connectivity index (χ0n) is 13.5. The van der Waals surface area contributed by atoms with Crippen LogP contribution in [0.3, 0.4) is 0 Å². The summed E-state index contributed by atoms with van der Waals surface area (Å²) in [5.74, 6) is 2.34. The van der Waals surface area contributed by atoms with Gasteiger partial charge in [-0.05, 0) is 18.2 Å². The summed E-state index contributed by atoms with van der Waals surface area (Å²) >= 11 is 1.37. The van der Waals surface area contributed by atoms with Gasteiger partial charge in [0.1, 0.15) is 0 Å². The van der Waals surface area contributed by atoms with Crippen LogP contribution in [0.15, 0.2) is 53.7 Å². The lowest BCUT2D eigenvalue weighted by Crippen LogP contribution is -2.04. The molecule has 2 aromatic carbocycles. The van der Waals surface area contributed by atoms with Crippen molar-refractivity contribution in [3.63, 3.8) is 0 Å². The molecule has 0 spiro atoms. The summed E-state index contributed by atoms with van der Waals surface area (Å²) in [7, 11) is 1.90. The summed E-state index contributed by atoms with van der Waals surface area (Å²) in [6, 6.07) is 15.1. The minimum Gasteiger partial charge on any atom is -0.454 e. The first-order valence-electron chi connectivity index (χ1n) is 7.73. The third-order valence-corrected chi connectivity index (χ3v) is 4.91. The van der Waals surface area contributed by atoms with Crippen LogP contribution < -0.4 is 9.47 Å². The van der Waals surface area contributed by atoms with Crippen LogP contribution in [0.2, 0.25) is 0 Å². The van der Waals surface area contributed by atoms with Crippen LogP contribution in [0.5, 0.6) is 11.5 Å². The van der Waals surface area contributed by atoms with Crippen molar-refractivity contribution in [1.82, 2.24) is 14.8 Å². The molecule has 2 heterocycles. The van der Waals surface area contributed by atoms with E-state index in [0.29, 0.717) is 22.2 Å². The van der Waals surface area contributed by atoms with E-state index in [1.807, 2.05) is 41.9 Å². The Hall–Kier alpha value is -2.80. The van der Waals surface area contributed by atoms with Crippen molar-refractivity contribution in [3.8, 4) is 22.9 Å². The van der Waals surface area contributed by atoms with Crippen molar-refractivity contribution in [2.45, 2.75) is 5.16 Å². The number of fused-ring (bicyclic) bond motifs is 1. The minimum atomic E-state index is 0.00700. The van der Waals surface area contributed by atoms with Crippen molar-refractivity contribution >= 4 is 17.5 Å². The van der Waals surface area contributed by atoms with Gasteiger partial charge in [0, 0.05) is 18.2 Å². The van der Waals surface area contributed by atoms with Crippen molar-refractivity contribution in [1.29, 1.82) is 0 Å². The second kappa shape index (κ2) is 6.60. The van der Waals surface area contributed by atoms with Crippen molar-refractivity contribution in [2.75, 3.05) is 12.5 Å². The number of carbonyl (C=O) groups is 1. The second-order valence-corrected chi connectivity index (χ2v) is 6.45. The molecule has 0 atom stereocenters. The molecule has 1 aliphatic rings. The van der Waals surface area contributed by atoms with Gasteiger partial charge in [-0.15, -0.1) is 10.2 Å². The monoisotopic (exact) mass is 353 g/mol. The van der Waals surface area contributed by atoms with Crippen LogP contribution in [0.25, 0.3) is 11.4 Å². The van der Waals surface area contributed by atoms with Gasteiger partial charge >= 0.3 is 0 Å². The van der Waals surface area contributed by atoms with E-state index in [0.717, 1.165) is 11.4 Å². The topological polar surface area (TPSA) is 66.2 Å². The largest absolute Gasteiger partial charge is 0.454 e. The van der Waals surface area contributed by atoms with Crippen molar-refractivity contribution in [2.24, 2.45) is 7.05 Å². The quantitative estimate of drug-likeness (QED) is 0.518. The molecule has 0 fully saturated rings. The molecule has 1 aromatic heterocycles. The number of carbonyl (C=O) groups excluding carboxylic acids is 1. The van der Waals surface area contributed by atoms with Gasteiger partial charge in [-0.25, -0.2) is 0 Å². The molecule has 1 aliphatic heterocycles. The molecule has 0 saturated heterocycles. The first kappa shape index (κ1) is 15.7. The summed E-state index contributed by atoms with van der Waals surface area (Å²) < 4.78 is 12.5. The van der Waals surface area contributed by atoms with Crippen molar-refractivity contribution < 1.29 is 14.3 Å². The SMILES string of the molecule is Cn1c(SCC(=O)c2ccc3c(c2)OCO3)nnc1-c1ccccc1. The molecule has 0 saturated carbocycles. The highest BCUT2D eigenvalue weighted by Gasteiger charge is 2.17. The normalized spacial score (nSPS) is 12.4. The fourth-order valence-electron chi connectivity index (χ4n) is 2.56. The van der Waals surface area contributed by atoms with Gasteiger partial charge in [0.2, 0.25) is 6.79 Å². The lowest BCUT2D eigenvalue weighted by Gasteiger charge is -2.04. The van der Waals surface area contributed by atoms with Crippen LogP contribution in [0.1, 0.15) is 10.4 Å². The summed E-state index contributed by atoms with van der Waals surface area (Å²) in [4.78, 5) is 12.4.